The predicted molar refractivity (Wildman–Crippen MR) is 59.3 cm³/mol. The van der Waals surface area contributed by atoms with Crippen LogP contribution in [0.25, 0.3) is 0 Å². The molecule has 2 N–H and O–H groups in total. The second-order valence-corrected chi connectivity index (χ2v) is 3.07. The molecule has 0 atom stereocenters. The monoisotopic (exact) mass is 205 g/mol. The lowest BCUT2D eigenvalue weighted by Gasteiger charge is -2.04. The minimum absolute atomic E-state index is 0.656. The van der Waals surface area contributed by atoms with Crippen LogP contribution in [0.2, 0.25) is 0 Å². The van der Waals surface area contributed by atoms with Crippen molar-refractivity contribution in [1.29, 1.82) is 0 Å². The van der Waals surface area contributed by atoms with Crippen LogP contribution in [0.3, 0.4) is 0 Å². The highest BCUT2D eigenvalue weighted by Gasteiger charge is 1.98. The Hall–Kier alpha value is -1.81. The molecule has 4 heteroatoms. The van der Waals surface area contributed by atoms with E-state index in [0.717, 1.165) is 11.3 Å². The molecule has 0 radical (unpaired) electrons. The Labute approximate surface area is 89.2 Å². The van der Waals surface area contributed by atoms with Gasteiger partial charge in [-0.25, -0.2) is 0 Å². The predicted octanol–water partition coefficient (Wildman–Crippen LogP) is 1.80. The molecule has 0 fully saturated rings. The summed E-state index contributed by atoms with van der Waals surface area (Å²) in [5, 5.41) is 12.6. The van der Waals surface area contributed by atoms with Gasteiger partial charge in [-0.05, 0) is 24.6 Å². The lowest BCUT2D eigenvalue weighted by Crippen LogP contribution is -2.04. The minimum atomic E-state index is 0.656. The van der Waals surface area contributed by atoms with Crippen LogP contribution in [-0.2, 0) is 6.54 Å². The van der Waals surface area contributed by atoms with E-state index in [1.165, 1.54) is 6.20 Å². The van der Waals surface area contributed by atoms with Crippen molar-refractivity contribution in [3.63, 3.8) is 0 Å². The average molecular weight is 205 g/mol. The molecule has 0 amide bonds. The van der Waals surface area contributed by atoms with E-state index >= 15 is 0 Å². The highest BCUT2D eigenvalue weighted by atomic mass is 16.5. The molecule has 0 bridgehead atoms. The van der Waals surface area contributed by atoms with Crippen molar-refractivity contribution in [3.05, 3.63) is 54.5 Å². The zero-order chi connectivity index (χ0) is 11.1. The molecule has 0 saturated carbocycles. The third-order valence-electron chi connectivity index (χ3n) is 1.97. The Morgan fingerprint density at radius 1 is 1.73 bits per heavy atom. The summed E-state index contributed by atoms with van der Waals surface area (Å²) in [7, 11) is 0. The van der Waals surface area contributed by atoms with E-state index in [1.807, 2.05) is 29.2 Å². The first kappa shape index (κ1) is 11.3. The Bertz CT molecular complexity index is 377. The fraction of sp³-hybridized carbons (Fsp3) is 0.182. The van der Waals surface area contributed by atoms with Crippen LogP contribution in [0.1, 0.15) is 5.69 Å². The van der Waals surface area contributed by atoms with Crippen molar-refractivity contribution in [1.82, 2.24) is 15.3 Å². The number of allylic oxidation sites excluding steroid dienone is 4. The topological polar surface area (TPSA) is 50.1 Å². The summed E-state index contributed by atoms with van der Waals surface area (Å²) < 4.78 is 1.87. The van der Waals surface area contributed by atoms with Crippen molar-refractivity contribution in [2.45, 2.75) is 13.5 Å². The van der Waals surface area contributed by atoms with Crippen LogP contribution in [0.5, 0.6) is 0 Å². The third-order valence-corrected chi connectivity index (χ3v) is 1.97. The number of hydrogen-bond acceptors (Lipinski definition) is 3. The van der Waals surface area contributed by atoms with Crippen LogP contribution in [0.15, 0.2) is 48.8 Å². The fourth-order valence-electron chi connectivity index (χ4n) is 1.19. The van der Waals surface area contributed by atoms with Gasteiger partial charge in [-0.15, -0.1) is 0 Å². The first-order valence-electron chi connectivity index (χ1n) is 4.64. The summed E-state index contributed by atoms with van der Waals surface area (Å²) in [6.45, 7) is 6.29. The normalized spacial score (nSPS) is 12.0. The van der Waals surface area contributed by atoms with Gasteiger partial charge in [-0.1, -0.05) is 18.7 Å². The maximum Gasteiger partial charge on any atom is 0.0662 e. The van der Waals surface area contributed by atoms with Gasteiger partial charge in [0.2, 0.25) is 0 Å². The standard InChI is InChI=1S/C11H15N3O/c1-3-4-11(6-8-13-15)9-14-10(2)5-7-12-14/h3-8,13,15H,1,9H2,2H3/b8-6-,11-4+. The van der Waals surface area contributed by atoms with E-state index in [-0.39, 0.29) is 0 Å². The van der Waals surface area contributed by atoms with Crippen LogP contribution >= 0.6 is 0 Å². The molecule has 4 nitrogen and oxygen atoms in total. The summed E-state index contributed by atoms with van der Waals surface area (Å²) in [6.07, 6.45) is 8.55. The van der Waals surface area contributed by atoms with Gasteiger partial charge in [0.05, 0.1) is 6.54 Å². The number of nitrogens with zero attached hydrogens (tertiary/aromatic N) is 2. The molecule has 0 aliphatic heterocycles. The Morgan fingerprint density at radius 3 is 3.07 bits per heavy atom. The molecule has 1 rings (SSSR count). The van der Waals surface area contributed by atoms with Crippen molar-refractivity contribution in [3.8, 4) is 0 Å². The Balaban J connectivity index is 2.76. The van der Waals surface area contributed by atoms with Gasteiger partial charge < -0.3 is 0 Å². The summed E-state index contributed by atoms with van der Waals surface area (Å²) >= 11 is 0. The van der Waals surface area contributed by atoms with E-state index in [2.05, 4.69) is 11.7 Å². The van der Waals surface area contributed by atoms with E-state index in [1.54, 1.807) is 18.3 Å². The summed E-state index contributed by atoms with van der Waals surface area (Å²) in [4.78, 5) is 0. The largest absolute Gasteiger partial charge is 0.292 e. The molecule has 1 aromatic rings. The number of nitrogens with one attached hydrogen (secondary N) is 1. The summed E-state index contributed by atoms with van der Waals surface area (Å²) in [5.41, 5.74) is 4.06. The van der Waals surface area contributed by atoms with Crippen molar-refractivity contribution in [2.24, 2.45) is 0 Å². The maximum atomic E-state index is 8.45. The second-order valence-electron chi connectivity index (χ2n) is 3.07. The zero-order valence-electron chi connectivity index (χ0n) is 8.72. The van der Waals surface area contributed by atoms with Gasteiger partial charge in [0.1, 0.15) is 0 Å². The molecule has 0 aliphatic rings. The van der Waals surface area contributed by atoms with Crippen molar-refractivity contribution >= 4 is 0 Å². The highest BCUT2D eigenvalue weighted by molar-refractivity contribution is 5.22. The number of hydroxylamine groups is 1. The molecular formula is C11H15N3O. The third kappa shape index (κ3) is 3.44. The minimum Gasteiger partial charge on any atom is -0.292 e. The molecule has 0 aliphatic carbocycles. The first-order chi connectivity index (χ1) is 7.27. The smallest absolute Gasteiger partial charge is 0.0662 e. The van der Waals surface area contributed by atoms with Crippen molar-refractivity contribution < 1.29 is 5.21 Å². The van der Waals surface area contributed by atoms with Gasteiger partial charge in [0, 0.05) is 18.1 Å². The van der Waals surface area contributed by atoms with Gasteiger partial charge in [-0.2, -0.15) is 5.10 Å². The number of rotatable bonds is 5. The molecule has 0 unspecified atom stereocenters. The fourth-order valence-corrected chi connectivity index (χ4v) is 1.19. The second kappa shape index (κ2) is 5.82. The van der Waals surface area contributed by atoms with Gasteiger partial charge >= 0.3 is 0 Å². The molecule has 1 heterocycles. The molecule has 15 heavy (non-hydrogen) atoms. The van der Waals surface area contributed by atoms with E-state index in [0.29, 0.717) is 6.54 Å². The Kier molecular flexibility index (Phi) is 4.37. The van der Waals surface area contributed by atoms with Crippen LogP contribution in [0.4, 0.5) is 0 Å². The molecule has 80 valence electrons. The van der Waals surface area contributed by atoms with E-state index < -0.39 is 0 Å². The number of hydrogen-bond donors (Lipinski definition) is 2. The number of aryl methyl sites for hydroxylation is 1. The average Bonchev–Trinajstić information content (AvgIpc) is 2.61. The molecule has 1 aromatic heterocycles. The zero-order valence-corrected chi connectivity index (χ0v) is 8.72. The SMILES string of the molecule is C=C/C=C(\C=C/NO)Cn1nccc1C. The van der Waals surface area contributed by atoms with Crippen LogP contribution < -0.4 is 5.48 Å². The van der Waals surface area contributed by atoms with E-state index in [9.17, 15) is 0 Å². The molecule has 0 saturated heterocycles. The van der Waals surface area contributed by atoms with Gasteiger partial charge in [-0.3, -0.25) is 15.4 Å². The number of aromatic nitrogens is 2. The lowest BCUT2D eigenvalue weighted by molar-refractivity contribution is 0.214. The summed E-state index contributed by atoms with van der Waals surface area (Å²) in [6, 6.07) is 1.94. The van der Waals surface area contributed by atoms with E-state index in [4.69, 9.17) is 5.21 Å². The highest BCUT2D eigenvalue weighted by Crippen LogP contribution is 2.04. The molecular weight excluding hydrogens is 190 g/mol. The lowest BCUT2D eigenvalue weighted by atomic mass is 10.2. The van der Waals surface area contributed by atoms with Crippen molar-refractivity contribution in [2.75, 3.05) is 0 Å². The first-order valence-corrected chi connectivity index (χ1v) is 4.64. The van der Waals surface area contributed by atoms with Gasteiger partial charge in [0.15, 0.2) is 0 Å². The van der Waals surface area contributed by atoms with Crippen LogP contribution in [-0.4, -0.2) is 15.0 Å². The molecule has 0 aromatic carbocycles. The van der Waals surface area contributed by atoms with Crippen LogP contribution in [0, 0.1) is 6.92 Å². The quantitative estimate of drug-likeness (QED) is 0.569. The van der Waals surface area contributed by atoms with Gasteiger partial charge in [0.25, 0.3) is 0 Å². The molecule has 0 spiro atoms. The summed E-state index contributed by atoms with van der Waals surface area (Å²) in [5.74, 6) is 0. The maximum absolute atomic E-state index is 8.45. The Morgan fingerprint density at radius 2 is 2.53 bits per heavy atom.